The van der Waals surface area contributed by atoms with Crippen molar-refractivity contribution in [3.05, 3.63) is 0 Å². The van der Waals surface area contributed by atoms with E-state index in [2.05, 4.69) is 18.0 Å². The zero-order chi connectivity index (χ0) is 5.86. The summed E-state index contributed by atoms with van der Waals surface area (Å²) in [5, 5.41) is 0. The van der Waals surface area contributed by atoms with Crippen molar-refractivity contribution in [2.75, 3.05) is 0 Å². The van der Waals surface area contributed by atoms with Crippen LogP contribution in [0.3, 0.4) is 0 Å². The standard InChI is InChI=1S/C2H3ClN2OS/c3-5-2(7)1(4)6/h(H2,4,6)(H,5,7). The molecule has 5 heteroatoms. The predicted octanol–water partition coefficient (Wildman–Crippen LogP) is -0.458. The van der Waals surface area contributed by atoms with Gasteiger partial charge in [0.25, 0.3) is 5.91 Å². The highest BCUT2D eigenvalue weighted by atomic mass is 35.5. The molecule has 0 aliphatic heterocycles. The molecular weight excluding hydrogens is 136 g/mol. The smallest absolute Gasteiger partial charge is 0.277 e. The normalized spacial score (nSPS) is 7.57. The van der Waals surface area contributed by atoms with Crippen molar-refractivity contribution in [3.8, 4) is 0 Å². The molecule has 0 aromatic carbocycles. The third kappa shape index (κ3) is 2.36. The summed E-state index contributed by atoms with van der Waals surface area (Å²) in [5.74, 6) is -0.718. The number of primary amides is 1. The molecule has 0 spiro atoms. The van der Waals surface area contributed by atoms with Gasteiger partial charge in [-0.3, -0.25) is 9.63 Å². The van der Waals surface area contributed by atoms with Crippen molar-refractivity contribution >= 4 is 34.9 Å². The molecule has 7 heavy (non-hydrogen) atoms. The van der Waals surface area contributed by atoms with Crippen molar-refractivity contribution in [1.29, 1.82) is 0 Å². The summed E-state index contributed by atoms with van der Waals surface area (Å²) in [5.41, 5.74) is 4.62. The Morgan fingerprint density at radius 2 is 2.29 bits per heavy atom. The molecule has 0 aromatic rings. The third-order valence-electron chi connectivity index (χ3n) is 0.310. The van der Waals surface area contributed by atoms with E-state index in [1.807, 2.05) is 4.84 Å². The van der Waals surface area contributed by atoms with Crippen LogP contribution in [0.15, 0.2) is 0 Å². The van der Waals surface area contributed by atoms with E-state index >= 15 is 0 Å². The van der Waals surface area contributed by atoms with E-state index in [4.69, 9.17) is 11.8 Å². The molecule has 3 N–H and O–H groups in total. The first-order valence-electron chi connectivity index (χ1n) is 1.39. The van der Waals surface area contributed by atoms with Crippen LogP contribution in [0.2, 0.25) is 0 Å². The van der Waals surface area contributed by atoms with E-state index in [0.29, 0.717) is 0 Å². The lowest BCUT2D eigenvalue weighted by molar-refractivity contribution is -0.111. The number of nitrogens with two attached hydrogens (primary N) is 1. The van der Waals surface area contributed by atoms with Gasteiger partial charge in [0.2, 0.25) is 0 Å². The molecule has 0 aromatic heterocycles. The van der Waals surface area contributed by atoms with Crippen LogP contribution in [0.25, 0.3) is 0 Å². The minimum Gasteiger partial charge on any atom is -0.364 e. The zero-order valence-electron chi connectivity index (χ0n) is 3.27. The molecule has 0 fully saturated rings. The Kier molecular flexibility index (Phi) is 2.62. The van der Waals surface area contributed by atoms with Gasteiger partial charge in [-0.25, -0.2) is 0 Å². The highest BCUT2D eigenvalue weighted by molar-refractivity contribution is 7.82. The Balaban J connectivity index is 3.58. The first kappa shape index (κ1) is 6.65. The van der Waals surface area contributed by atoms with Gasteiger partial charge in [0.05, 0.1) is 0 Å². The molecule has 40 valence electrons. The van der Waals surface area contributed by atoms with Crippen LogP contribution in [0.4, 0.5) is 0 Å². The molecule has 0 aliphatic rings. The SMILES string of the molecule is NC(=O)C(=S)NCl. The number of nitrogens with one attached hydrogen (secondary N) is 1. The maximum Gasteiger partial charge on any atom is 0.277 e. The minimum absolute atomic E-state index is 0.165. The predicted molar refractivity (Wildman–Crippen MR) is 30.8 cm³/mol. The highest BCUT2D eigenvalue weighted by Gasteiger charge is 1.97. The van der Waals surface area contributed by atoms with Gasteiger partial charge < -0.3 is 5.73 Å². The van der Waals surface area contributed by atoms with Gasteiger partial charge in [0.1, 0.15) is 0 Å². The summed E-state index contributed by atoms with van der Waals surface area (Å²) < 4.78 is 0. The van der Waals surface area contributed by atoms with E-state index in [9.17, 15) is 4.79 Å². The Hall–Kier alpha value is -0.350. The first-order valence-corrected chi connectivity index (χ1v) is 2.17. The van der Waals surface area contributed by atoms with Crippen molar-refractivity contribution < 1.29 is 4.79 Å². The fourth-order valence-corrected chi connectivity index (χ4v) is 0.140. The molecule has 3 nitrogen and oxygen atoms in total. The zero-order valence-corrected chi connectivity index (χ0v) is 4.84. The van der Waals surface area contributed by atoms with Gasteiger partial charge in [0.15, 0.2) is 4.99 Å². The largest absolute Gasteiger partial charge is 0.364 e. The number of hydrogen-bond acceptors (Lipinski definition) is 2. The summed E-state index contributed by atoms with van der Waals surface area (Å²) >= 11 is 9.12. The van der Waals surface area contributed by atoms with Gasteiger partial charge in [-0.2, -0.15) is 0 Å². The van der Waals surface area contributed by atoms with Crippen molar-refractivity contribution in [3.63, 3.8) is 0 Å². The van der Waals surface area contributed by atoms with E-state index in [1.54, 1.807) is 0 Å². The fourth-order valence-electron chi connectivity index (χ4n) is 0.0466. The Morgan fingerprint density at radius 3 is 2.29 bits per heavy atom. The molecule has 0 radical (unpaired) electrons. The molecule has 0 atom stereocenters. The van der Waals surface area contributed by atoms with Crippen molar-refractivity contribution in [2.24, 2.45) is 5.73 Å². The van der Waals surface area contributed by atoms with E-state index in [1.165, 1.54) is 0 Å². The lowest BCUT2D eigenvalue weighted by atomic mass is 10.7. The summed E-state index contributed by atoms with van der Waals surface area (Å²) in [6, 6.07) is 0. The topological polar surface area (TPSA) is 55.1 Å². The molecule has 0 saturated carbocycles. The van der Waals surface area contributed by atoms with Crippen LogP contribution in [0, 0.1) is 0 Å². The molecule has 1 amide bonds. The summed E-state index contributed by atoms with van der Waals surface area (Å²) in [7, 11) is 0. The molecule has 0 bridgehead atoms. The van der Waals surface area contributed by atoms with Crippen LogP contribution in [-0.4, -0.2) is 10.9 Å². The number of carbonyl (C=O) groups is 1. The first-order chi connectivity index (χ1) is 3.18. The van der Waals surface area contributed by atoms with Crippen LogP contribution in [-0.2, 0) is 4.79 Å². The van der Waals surface area contributed by atoms with Crippen LogP contribution < -0.4 is 10.6 Å². The van der Waals surface area contributed by atoms with Gasteiger partial charge >= 0.3 is 0 Å². The molecular formula is C2H3ClN2OS. The Morgan fingerprint density at radius 1 is 1.86 bits per heavy atom. The maximum absolute atomic E-state index is 9.86. The summed E-state index contributed by atoms with van der Waals surface area (Å²) in [6.45, 7) is 0. The van der Waals surface area contributed by atoms with Crippen molar-refractivity contribution in [1.82, 2.24) is 4.84 Å². The molecule has 0 unspecified atom stereocenters. The van der Waals surface area contributed by atoms with Crippen LogP contribution >= 0.6 is 24.0 Å². The Labute approximate surface area is 50.9 Å². The van der Waals surface area contributed by atoms with Crippen LogP contribution in [0.5, 0.6) is 0 Å². The number of thiocarbonyl (C=S) groups is 1. The van der Waals surface area contributed by atoms with Crippen LogP contribution in [0.1, 0.15) is 0 Å². The van der Waals surface area contributed by atoms with E-state index in [-0.39, 0.29) is 4.99 Å². The average Bonchev–Trinajstić information content (AvgIpc) is 1.65. The second-order valence-electron chi connectivity index (χ2n) is 0.788. The van der Waals surface area contributed by atoms with Gasteiger partial charge in [-0.05, 0) is 0 Å². The lowest BCUT2D eigenvalue weighted by Gasteiger charge is -1.88. The molecule has 0 rings (SSSR count). The summed E-state index contributed by atoms with van der Waals surface area (Å²) in [4.78, 5) is 11.6. The highest BCUT2D eigenvalue weighted by Crippen LogP contribution is 1.69. The molecule has 0 aliphatic carbocycles. The fraction of sp³-hybridized carbons (Fsp3) is 0. The third-order valence-corrected chi connectivity index (χ3v) is 0.914. The number of halogens is 1. The second-order valence-corrected chi connectivity index (χ2v) is 1.39. The quantitative estimate of drug-likeness (QED) is 0.352. The monoisotopic (exact) mass is 138 g/mol. The van der Waals surface area contributed by atoms with Gasteiger partial charge in [0, 0.05) is 11.8 Å². The average molecular weight is 139 g/mol. The van der Waals surface area contributed by atoms with E-state index in [0.717, 1.165) is 0 Å². The number of rotatable bonds is 0. The number of carbonyl (C=O) groups excluding carboxylic acids is 1. The maximum atomic E-state index is 9.86. The van der Waals surface area contributed by atoms with Crippen molar-refractivity contribution in [2.45, 2.75) is 0 Å². The molecule has 0 saturated heterocycles. The Bertz CT molecular complexity index is 104. The number of hydrogen-bond donors (Lipinski definition) is 2. The van der Waals surface area contributed by atoms with E-state index < -0.39 is 5.91 Å². The van der Waals surface area contributed by atoms with Gasteiger partial charge in [-0.1, -0.05) is 12.2 Å². The minimum atomic E-state index is -0.718. The second kappa shape index (κ2) is 2.76. The number of amides is 1. The lowest BCUT2D eigenvalue weighted by Crippen LogP contribution is -2.28. The molecule has 0 heterocycles. The summed E-state index contributed by atoms with van der Waals surface area (Å²) in [6.07, 6.45) is 0. The van der Waals surface area contributed by atoms with Gasteiger partial charge in [-0.15, -0.1) is 0 Å².